The molecule has 0 radical (unpaired) electrons. The second kappa shape index (κ2) is 5.34. The van der Waals surface area contributed by atoms with E-state index in [2.05, 4.69) is 4.74 Å². The van der Waals surface area contributed by atoms with Crippen LogP contribution in [0.15, 0.2) is 0 Å². The fourth-order valence-corrected chi connectivity index (χ4v) is 1.50. The van der Waals surface area contributed by atoms with E-state index >= 15 is 0 Å². The molecule has 0 saturated carbocycles. The van der Waals surface area contributed by atoms with Gasteiger partial charge >= 0.3 is 0 Å². The van der Waals surface area contributed by atoms with Gasteiger partial charge in [-0.1, -0.05) is 0 Å². The Hall–Kier alpha value is -0.320. The van der Waals surface area contributed by atoms with Gasteiger partial charge in [-0.3, -0.25) is 0 Å². The zero-order chi connectivity index (χ0) is 12.5. The maximum absolute atomic E-state index is 9.50. The average molecular weight is 240 g/mol. The molecule has 1 heterocycles. The number of aliphatic hydroxyl groups is 7. The van der Waals surface area contributed by atoms with Crippen LogP contribution in [-0.2, 0) is 4.74 Å². The van der Waals surface area contributed by atoms with Crippen LogP contribution in [0.1, 0.15) is 0 Å². The minimum Gasteiger partial charge on any atom is -0.394 e. The fourth-order valence-electron chi connectivity index (χ4n) is 1.50. The normalized spacial score (nSPS) is 40.7. The van der Waals surface area contributed by atoms with E-state index in [0.29, 0.717) is 0 Å². The Morgan fingerprint density at radius 3 is 1.94 bits per heavy atom. The van der Waals surface area contributed by atoms with Crippen molar-refractivity contribution in [3.05, 3.63) is 0 Å². The van der Waals surface area contributed by atoms with Gasteiger partial charge in [0.2, 0.25) is 0 Å². The predicted molar refractivity (Wildman–Crippen MR) is 48.0 cm³/mol. The van der Waals surface area contributed by atoms with Gasteiger partial charge in [0.05, 0.1) is 6.61 Å². The Morgan fingerprint density at radius 1 is 1.00 bits per heavy atom. The molecule has 16 heavy (non-hydrogen) atoms. The molecule has 0 amide bonds. The molecule has 1 rings (SSSR count). The van der Waals surface area contributed by atoms with E-state index in [0.717, 1.165) is 0 Å². The predicted octanol–water partition coefficient (Wildman–Crippen LogP) is -4.50. The van der Waals surface area contributed by atoms with E-state index in [-0.39, 0.29) is 0 Å². The summed E-state index contributed by atoms with van der Waals surface area (Å²) in [6, 6.07) is 0. The molecule has 96 valence electrons. The number of rotatable bonds is 4. The van der Waals surface area contributed by atoms with Crippen molar-refractivity contribution in [2.24, 2.45) is 0 Å². The Kier molecular flexibility index (Phi) is 4.59. The minimum absolute atomic E-state index is 0.786. The monoisotopic (exact) mass is 240 g/mol. The molecule has 0 aromatic heterocycles. The summed E-state index contributed by atoms with van der Waals surface area (Å²) in [4.78, 5) is 0. The van der Waals surface area contributed by atoms with E-state index < -0.39 is 49.5 Å². The summed E-state index contributed by atoms with van der Waals surface area (Å²) in [5, 5.41) is 63.9. The molecule has 0 spiro atoms. The summed E-state index contributed by atoms with van der Waals surface area (Å²) < 4.78 is 4.62. The molecule has 7 atom stereocenters. The summed E-state index contributed by atoms with van der Waals surface area (Å²) in [5.74, 6) is 0. The van der Waals surface area contributed by atoms with Crippen LogP contribution in [-0.4, -0.2) is 85.3 Å². The van der Waals surface area contributed by atoms with Gasteiger partial charge in [0.25, 0.3) is 0 Å². The summed E-state index contributed by atoms with van der Waals surface area (Å²) in [7, 11) is 0. The topological polar surface area (TPSA) is 151 Å². The first-order valence-electron chi connectivity index (χ1n) is 4.75. The summed E-state index contributed by atoms with van der Waals surface area (Å²) in [5.41, 5.74) is 0. The fraction of sp³-hybridized carbons (Fsp3) is 1.00. The number of hydrogen-bond donors (Lipinski definition) is 7. The van der Waals surface area contributed by atoms with E-state index in [1.165, 1.54) is 0 Å². The molecule has 0 aromatic rings. The minimum atomic E-state index is -1.76. The summed E-state index contributed by atoms with van der Waals surface area (Å²) in [6.45, 7) is -0.786. The standard InChI is InChI=1S/C8H16O8/c9-1-2(10)3(11)4(12)7-5(13)6(14)8(15)16-7/h2-15H,1H2/t2-,3-,4+,5+,6-,7+,8?/m1/s1. The summed E-state index contributed by atoms with van der Waals surface area (Å²) in [6.07, 6.45) is -11.4. The molecule has 1 aliphatic heterocycles. The Balaban J connectivity index is 2.64. The van der Waals surface area contributed by atoms with Crippen LogP contribution in [0.5, 0.6) is 0 Å². The Bertz CT molecular complexity index is 224. The zero-order valence-corrected chi connectivity index (χ0v) is 8.29. The lowest BCUT2D eigenvalue weighted by molar-refractivity contribution is -0.174. The van der Waals surface area contributed by atoms with Crippen LogP contribution < -0.4 is 0 Å². The number of ether oxygens (including phenoxy) is 1. The first-order chi connectivity index (χ1) is 7.40. The molecular formula is C8H16O8. The van der Waals surface area contributed by atoms with Gasteiger partial charge in [-0.25, -0.2) is 0 Å². The van der Waals surface area contributed by atoms with Crippen molar-refractivity contribution < 1.29 is 40.5 Å². The first kappa shape index (κ1) is 13.7. The van der Waals surface area contributed by atoms with E-state index in [9.17, 15) is 15.3 Å². The van der Waals surface area contributed by atoms with Gasteiger partial charge in [-0.2, -0.15) is 0 Å². The molecular weight excluding hydrogens is 224 g/mol. The second-order valence-electron chi connectivity index (χ2n) is 3.70. The van der Waals surface area contributed by atoms with Gasteiger partial charge in [-0.05, 0) is 0 Å². The second-order valence-corrected chi connectivity index (χ2v) is 3.70. The van der Waals surface area contributed by atoms with Gasteiger partial charge in [-0.15, -0.1) is 0 Å². The van der Waals surface area contributed by atoms with Crippen LogP contribution in [0.25, 0.3) is 0 Å². The van der Waals surface area contributed by atoms with Crippen LogP contribution in [0.4, 0.5) is 0 Å². The number of hydrogen-bond acceptors (Lipinski definition) is 8. The van der Waals surface area contributed by atoms with Gasteiger partial charge in [0.15, 0.2) is 6.29 Å². The van der Waals surface area contributed by atoms with E-state index in [4.69, 9.17) is 20.4 Å². The summed E-state index contributed by atoms with van der Waals surface area (Å²) >= 11 is 0. The highest BCUT2D eigenvalue weighted by Crippen LogP contribution is 2.24. The van der Waals surface area contributed by atoms with Gasteiger partial charge in [0, 0.05) is 0 Å². The molecule has 1 unspecified atom stereocenters. The van der Waals surface area contributed by atoms with Gasteiger partial charge in [0.1, 0.15) is 36.6 Å². The molecule has 1 fully saturated rings. The van der Waals surface area contributed by atoms with Crippen molar-refractivity contribution in [3.63, 3.8) is 0 Å². The van der Waals surface area contributed by atoms with Gasteiger partial charge < -0.3 is 40.5 Å². The highest BCUT2D eigenvalue weighted by Gasteiger charge is 2.47. The van der Waals surface area contributed by atoms with Crippen molar-refractivity contribution in [2.45, 2.75) is 42.9 Å². The van der Waals surface area contributed by atoms with Crippen molar-refractivity contribution in [1.29, 1.82) is 0 Å². The van der Waals surface area contributed by atoms with Crippen molar-refractivity contribution >= 4 is 0 Å². The van der Waals surface area contributed by atoms with Crippen LogP contribution in [0, 0.1) is 0 Å². The molecule has 8 heteroatoms. The Morgan fingerprint density at radius 2 is 1.56 bits per heavy atom. The van der Waals surface area contributed by atoms with Crippen LogP contribution in [0.3, 0.4) is 0 Å². The maximum atomic E-state index is 9.50. The van der Waals surface area contributed by atoms with E-state index in [1.807, 2.05) is 0 Å². The molecule has 1 saturated heterocycles. The Labute approximate surface area is 91.0 Å². The SMILES string of the molecule is OC[C@@H](O)[C@@H](O)[C@H](O)[C@@H]1OC(O)[C@H](O)[C@@H]1O. The third-order valence-corrected chi connectivity index (χ3v) is 2.54. The highest BCUT2D eigenvalue weighted by molar-refractivity contribution is 4.94. The van der Waals surface area contributed by atoms with Crippen LogP contribution >= 0.6 is 0 Å². The third-order valence-electron chi connectivity index (χ3n) is 2.54. The lowest BCUT2D eigenvalue weighted by Crippen LogP contribution is -2.50. The first-order valence-corrected chi connectivity index (χ1v) is 4.75. The van der Waals surface area contributed by atoms with Crippen LogP contribution in [0.2, 0.25) is 0 Å². The van der Waals surface area contributed by atoms with Crippen molar-refractivity contribution in [1.82, 2.24) is 0 Å². The lowest BCUT2D eigenvalue weighted by atomic mass is 9.98. The quantitative estimate of drug-likeness (QED) is 0.260. The van der Waals surface area contributed by atoms with E-state index in [1.54, 1.807) is 0 Å². The molecule has 1 aliphatic rings. The maximum Gasteiger partial charge on any atom is 0.184 e. The molecule has 7 N–H and O–H groups in total. The lowest BCUT2D eigenvalue weighted by Gasteiger charge is -2.27. The zero-order valence-electron chi connectivity index (χ0n) is 8.29. The smallest absolute Gasteiger partial charge is 0.184 e. The third kappa shape index (κ3) is 2.50. The highest BCUT2D eigenvalue weighted by atomic mass is 16.6. The largest absolute Gasteiger partial charge is 0.394 e. The van der Waals surface area contributed by atoms with Crippen molar-refractivity contribution in [3.8, 4) is 0 Å². The average Bonchev–Trinajstić information content (AvgIpc) is 2.54. The molecule has 0 bridgehead atoms. The molecule has 0 aliphatic carbocycles. The molecule has 8 nitrogen and oxygen atoms in total. The van der Waals surface area contributed by atoms with Crippen molar-refractivity contribution in [2.75, 3.05) is 6.61 Å². The number of aliphatic hydroxyl groups excluding tert-OH is 7. The molecule has 0 aromatic carbocycles.